The van der Waals surface area contributed by atoms with Crippen LogP contribution in [0.1, 0.15) is 12.5 Å². The topological polar surface area (TPSA) is 76.7 Å². The van der Waals surface area contributed by atoms with E-state index in [9.17, 15) is 8.42 Å². The smallest absolute Gasteiger partial charge is 0.240 e. The second-order valence-electron chi connectivity index (χ2n) is 4.59. The zero-order chi connectivity index (χ0) is 15.7. The van der Waals surface area contributed by atoms with E-state index in [1.807, 2.05) is 6.92 Å². The highest BCUT2D eigenvalue weighted by Gasteiger charge is 2.16. The first-order valence-corrected chi connectivity index (χ1v) is 8.32. The summed E-state index contributed by atoms with van der Waals surface area (Å²) in [5.74, 6) is 0. The van der Waals surface area contributed by atoms with Gasteiger partial charge in [0, 0.05) is 27.3 Å². The van der Waals surface area contributed by atoms with Crippen molar-refractivity contribution < 1.29 is 17.9 Å². The normalized spacial score (nSPS) is 13.3. The van der Waals surface area contributed by atoms with E-state index in [1.165, 1.54) is 7.11 Å². The Morgan fingerprint density at radius 1 is 1.19 bits per heavy atom. The molecule has 0 aliphatic rings. The predicted molar refractivity (Wildman–Crippen MR) is 81.7 cm³/mol. The number of hydrogen-bond donors (Lipinski definition) is 2. The maximum atomic E-state index is 12.2. The van der Waals surface area contributed by atoms with E-state index >= 15 is 0 Å². The van der Waals surface area contributed by atoms with Gasteiger partial charge in [0.1, 0.15) is 0 Å². The molecular formula is C14H24N2O4S. The van der Waals surface area contributed by atoms with Crippen molar-refractivity contribution in [3.05, 3.63) is 29.8 Å². The van der Waals surface area contributed by atoms with Crippen molar-refractivity contribution in [2.24, 2.45) is 0 Å². The van der Waals surface area contributed by atoms with Crippen LogP contribution in [-0.2, 0) is 26.0 Å². The van der Waals surface area contributed by atoms with Crippen LogP contribution < -0.4 is 10.0 Å². The van der Waals surface area contributed by atoms with Gasteiger partial charge < -0.3 is 14.8 Å². The number of methoxy groups -OCH3 is 2. The van der Waals surface area contributed by atoms with Crippen LogP contribution in [0.25, 0.3) is 0 Å². The number of nitrogens with one attached hydrogen (secondary N) is 2. The summed E-state index contributed by atoms with van der Waals surface area (Å²) < 4.78 is 36.9. The fourth-order valence-electron chi connectivity index (χ4n) is 1.74. The lowest BCUT2D eigenvalue weighted by atomic mass is 10.2. The second kappa shape index (κ2) is 9.11. The van der Waals surface area contributed by atoms with Gasteiger partial charge in [0.15, 0.2) is 0 Å². The van der Waals surface area contributed by atoms with Gasteiger partial charge in [0.2, 0.25) is 10.0 Å². The van der Waals surface area contributed by atoms with E-state index in [2.05, 4.69) is 10.0 Å². The summed E-state index contributed by atoms with van der Waals surface area (Å²) in [6.07, 6.45) is -0.308. The Bertz CT molecular complexity index is 502. The van der Waals surface area contributed by atoms with Crippen LogP contribution in [0, 0.1) is 0 Å². The van der Waals surface area contributed by atoms with Crippen molar-refractivity contribution in [2.75, 3.05) is 33.9 Å². The Balaban J connectivity index is 2.65. The molecule has 0 saturated heterocycles. The number of benzene rings is 1. The quantitative estimate of drug-likeness (QED) is 0.666. The van der Waals surface area contributed by atoms with E-state index < -0.39 is 10.0 Å². The summed E-state index contributed by atoms with van der Waals surface area (Å²) in [5, 5.41) is 3.19. The molecule has 1 unspecified atom stereocenters. The van der Waals surface area contributed by atoms with Crippen molar-refractivity contribution in [2.45, 2.75) is 24.5 Å². The molecule has 1 rings (SSSR count). The molecule has 1 atom stereocenters. The lowest BCUT2D eigenvalue weighted by Gasteiger charge is -2.15. The zero-order valence-corrected chi connectivity index (χ0v) is 13.6. The maximum Gasteiger partial charge on any atom is 0.240 e. The molecule has 0 heterocycles. The van der Waals surface area contributed by atoms with Gasteiger partial charge >= 0.3 is 0 Å². The minimum Gasteiger partial charge on any atom is -0.382 e. The van der Waals surface area contributed by atoms with Crippen LogP contribution >= 0.6 is 0 Å². The molecule has 1 aromatic carbocycles. The number of hydrogen-bond acceptors (Lipinski definition) is 5. The van der Waals surface area contributed by atoms with Gasteiger partial charge in [-0.15, -0.1) is 0 Å². The molecule has 0 bridgehead atoms. The average molecular weight is 316 g/mol. The van der Waals surface area contributed by atoms with E-state index in [0.717, 1.165) is 18.7 Å². The van der Waals surface area contributed by atoms with Crippen LogP contribution in [0.5, 0.6) is 0 Å². The molecule has 0 amide bonds. The van der Waals surface area contributed by atoms with Gasteiger partial charge in [0.25, 0.3) is 0 Å². The van der Waals surface area contributed by atoms with Gasteiger partial charge in [-0.1, -0.05) is 19.1 Å². The first-order chi connectivity index (χ1) is 10.0. The Morgan fingerprint density at radius 3 is 2.38 bits per heavy atom. The summed E-state index contributed by atoms with van der Waals surface area (Å²) in [6.45, 7) is 4.13. The molecule has 0 saturated carbocycles. The zero-order valence-electron chi connectivity index (χ0n) is 12.8. The summed E-state index contributed by atoms with van der Waals surface area (Å²) in [4.78, 5) is 0.245. The van der Waals surface area contributed by atoms with Gasteiger partial charge in [-0.05, 0) is 24.2 Å². The lowest BCUT2D eigenvalue weighted by molar-refractivity contribution is 0.0320. The van der Waals surface area contributed by atoms with E-state index in [0.29, 0.717) is 6.61 Å². The molecule has 0 aliphatic heterocycles. The van der Waals surface area contributed by atoms with Gasteiger partial charge in [0.05, 0.1) is 17.6 Å². The molecule has 120 valence electrons. The number of rotatable bonds is 10. The van der Waals surface area contributed by atoms with Crippen molar-refractivity contribution in [1.82, 2.24) is 10.0 Å². The van der Waals surface area contributed by atoms with Gasteiger partial charge in [-0.2, -0.15) is 0 Å². The highest BCUT2D eigenvalue weighted by atomic mass is 32.2. The van der Waals surface area contributed by atoms with Crippen molar-refractivity contribution in [3.63, 3.8) is 0 Å². The Hall–Kier alpha value is -0.990. The summed E-state index contributed by atoms with van der Waals surface area (Å²) in [7, 11) is -0.460. The van der Waals surface area contributed by atoms with Gasteiger partial charge in [-0.25, -0.2) is 13.1 Å². The molecule has 0 aliphatic carbocycles. The predicted octanol–water partition coefficient (Wildman–Crippen LogP) is 0.736. The third kappa shape index (κ3) is 6.11. The number of ether oxygens (including phenoxy) is 2. The Labute approximate surface area is 126 Å². The second-order valence-corrected chi connectivity index (χ2v) is 6.36. The average Bonchev–Trinajstić information content (AvgIpc) is 2.49. The Morgan fingerprint density at radius 2 is 1.86 bits per heavy atom. The fourth-order valence-corrected chi connectivity index (χ4v) is 2.80. The first kappa shape index (κ1) is 18.1. The Kier molecular flexibility index (Phi) is 7.84. The minimum atomic E-state index is -3.53. The SMILES string of the molecule is CCNCc1ccc(S(=O)(=O)NCC(COC)OC)cc1. The molecule has 0 radical (unpaired) electrons. The van der Waals surface area contributed by atoms with Crippen LogP contribution in [-0.4, -0.2) is 48.4 Å². The largest absolute Gasteiger partial charge is 0.382 e. The van der Waals surface area contributed by atoms with Crippen LogP contribution in [0.4, 0.5) is 0 Å². The standard InChI is InChI=1S/C14H24N2O4S/c1-4-15-9-12-5-7-14(8-6-12)21(17,18)16-10-13(20-3)11-19-2/h5-8,13,15-16H,4,9-11H2,1-3H3. The monoisotopic (exact) mass is 316 g/mol. The van der Waals surface area contributed by atoms with Crippen LogP contribution in [0.3, 0.4) is 0 Å². The van der Waals surface area contributed by atoms with Crippen molar-refractivity contribution in [1.29, 1.82) is 0 Å². The molecule has 0 aromatic heterocycles. The molecule has 0 fully saturated rings. The molecule has 2 N–H and O–H groups in total. The first-order valence-electron chi connectivity index (χ1n) is 6.84. The third-order valence-corrected chi connectivity index (χ3v) is 4.44. The molecule has 6 nitrogen and oxygen atoms in total. The third-order valence-electron chi connectivity index (χ3n) is 3.00. The van der Waals surface area contributed by atoms with Crippen molar-refractivity contribution in [3.8, 4) is 0 Å². The van der Waals surface area contributed by atoms with E-state index in [1.54, 1.807) is 31.4 Å². The summed E-state index contributed by atoms with van der Waals surface area (Å²) in [5.41, 5.74) is 1.05. The fraction of sp³-hybridized carbons (Fsp3) is 0.571. The number of sulfonamides is 1. The summed E-state index contributed by atoms with van der Waals surface area (Å²) >= 11 is 0. The molecule has 21 heavy (non-hydrogen) atoms. The molecule has 7 heteroatoms. The van der Waals surface area contributed by atoms with Gasteiger partial charge in [-0.3, -0.25) is 0 Å². The van der Waals surface area contributed by atoms with E-state index in [4.69, 9.17) is 9.47 Å². The van der Waals surface area contributed by atoms with E-state index in [-0.39, 0.29) is 17.5 Å². The molecular weight excluding hydrogens is 292 g/mol. The van der Waals surface area contributed by atoms with Crippen LogP contribution in [0.15, 0.2) is 29.2 Å². The highest BCUT2D eigenvalue weighted by Crippen LogP contribution is 2.10. The minimum absolute atomic E-state index is 0.172. The van der Waals surface area contributed by atoms with Crippen molar-refractivity contribution >= 4 is 10.0 Å². The summed E-state index contributed by atoms with van der Waals surface area (Å²) in [6, 6.07) is 6.82. The molecule has 0 spiro atoms. The maximum absolute atomic E-state index is 12.2. The lowest BCUT2D eigenvalue weighted by Crippen LogP contribution is -2.35. The van der Waals surface area contributed by atoms with Crippen LogP contribution in [0.2, 0.25) is 0 Å². The molecule has 1 aromatic rings. The highest BCUT2D eigenvalue weighted by molar-refractivity contribution is 7.89.